The van der Waals surface area contributed by atoms with E-state index >= 15 is 0 Å². The fraction of sp³-hybridized carbons (Fsp3) is 0.688. The third-order valence-corrected chi connectivity index (χ3v) is 4.49. The molecule has 1 amide bonds. The van der Waals surface area contributed by atoms with Crippen LogP contribution in [0.2, 0.25) is 0 Å². The first-order valence-electron chi connectivity index (χ1n) is 7.56. The molecule has 21 heavy (non-hydrogen) atoms. The molecule has 1 saturated heterocycles. The van der Waals surface area contributed by atoms with Crippen LogP contribution in [0, 0.1) is 19.8 Å². The minimum atomic E-state index is 0. The zero-order valence-corrected chi connectivity index (χ0v) is 14.5. The number of rotatable bonds is 3. The monoisotopic (exact) mass is 313 g/mol. The second kappa shape index (κ2) is 6.84. The molecule has 1 fully saturated rings. The van der Waals surface area contributed by atoms with Crippen molar-refractivity contribution >= 4 is 18.3 Å². The van der Waals surface area contributed by atoms with Crippen LogP contribution in [-0.2, 0) is 0 Å². The summed E-state index contributed by atoms with van der Waals surface area (Å²) in [6.07, 6.45) is 1.02. The molecule has 0 aromatic carbocycles. The number of nitrogens with zero attached hydrogens (tertiary/aromatic N) is 2. The molecule has 1 aliphatic heterocycles. The van der Waals surface area contributed by atoms with Gasteiger partial charge in [-0.25, -0.2) is 0 Å². The van der Waals surface area contributed by atoms with Crippen molar-refractivity contribution in [3.05, 3.63) is 23.0 Å². The van der Waals surface area contributed by atoms with E-state index < -0.39 is 0 Å². The van der Waals surface area contributed by atoms with Crippen molar-refractivity contribution in [3.63, 3.8) is 0 Å². The number of halogens is 1. The Balaban J connectivity index is 0.00000220. The number of hydrogen-bond acceptors (Lipinski definition) is 2. The summed E-state index contributed by atoms with van der Waals surface area (Å²) in [4.78, 5) is 14.8. The maximum absolute atomic E-state index is 12.8. The van der Waals surface area contributed by atoms with E-state index in [9.17, 15) is 4.79 Å². The molecule has 0 spiro atoms. The highest BCUT2D eigenvalue weighted by Gasteiger charge is 2.33. The second-order valence-corrected chi connectivity index (χ2v) is 6.39. The van der Waals surface area contributed by atoms with Crippen LogP contribution >= 0.6 is 12.4 Å². The van der Waals surface area contributed by atoms with Gasteiger partial charge in [0.05, 0.1) is 5.56 Å². The number of aromatic nitrogens is 1. The van der Waals surface area contributed by atoms with E-state index in [1.54, 1.807) is 0 Å². The molecule has 0 bridgehead atoms. The molecule has 120 valence electrons. The van der Waals surface area contributed by atoms with Gasteiger partial charge in [-0.15, -0.1) is 12.4 Å². The summed E-state index contributed by atoms with van der Waals surface area (Å²) < 4.78 is 2.23. The summed E-state index contributed by atoms with van der Waals surface area (Å²) in [6, 6.07) is 2.70. The van der Waals surface area contributed by atoms with Crippen LogP contribution in [0.15, 0.2) is 6.07 Å². The van der Waals surface area contributed by atoms with E-state index in [0.717, 1.165) is 29.9 Å². The molecule has 0 saturated carbocycles. The van der Waals surface area contributed by atoms with E-state index in [0.29, 0.717) is 18.5 Å². The fourth-order valence-corrected chi connectivity index (χ4v) is 3.54. The van der Waals surface area contributed by atoms with E-state index in [-0.39, 0.29) is 24.4 Å². The molecule has 0 aliphatic carbocycles. The zero-order chi connectivity index (χ0) is 15.0. The summed E-state index contributed by atoms with van der Waals surface area (Å²) in [6.45, 7) is 12.0. The first-order valence-corrected chi connectivity index (χ1v) is 7.56. The average molecular weight is 314 g/mol. The maximum Gasteiger partial charge on any atom is 0.255 e. The van der Waals surface area contributed by atoms with Crippen LogP contribution in [0.4, 0.5) is 0 Å². The fourth-order valence-electron chi connectivity index (χ4n) is 3.54. The summed E-state index contributed by atoms with van der Waals surface area (Å²) in [5.74, 6) is 0.607. The molecular formula is C16H28ClN3O. The summed E-state index contributed by atoms with van der Waals surface area (Å²) in [5, 5.41) is 0. The van der Waals surface area contributed by atoms with Crippen molar-refractivity contribution in [1.82, 2.24) is 9.47 Å². The minimum absolute atomic E-state index is 0. The van der Waals surface area contributed by atoms with Gasteiger partial charge in [-0.1, -0.05) is 0 Å². The number of carbonyl (C=O) groups excluding carboxylic acids is 1. The average Bonchev–Trinajstić information content (AvgIpc) is 2.89. The normalized spacial score (nSPS) is 21.8. The second-order valence-electron chi connectivity index (χ2n) is 6.39. The van der Waals surface area contributed by atoms with Gasteiger partial charge in [0.25, 0.3) is 5.91 Å². The molecule has 2 heterocycles. The third kappa shape index (κ3) is 3.27. The number of carbonyl (C=O) groups is 1. The van der Waals surface area contributed by atoms with Gasteiger partial charge in [0.15, 0.2) is 0 Å². The molecule has 2 rings (SSSR count). The van der Waals surface area contributed by atoms with Gasteiger partial charge in [0, 0.05) is 30.0 Å². The zero-order valence-electron chi connectivity index (χ0n) is 13.7. The van der Waals surface area contributed by atoms with Gasteiger partial charge >= 0.3 is 0 Å². The number of nitrogens with two attached hydrogens (primary N) is 1. The smallest absolute Gasteiger partial charge is 0.255 e. The van der Waals surface area contributed by atoms with Gasteiger partial charge in [0.2, 0.25) is 0 Å². The lowest BCUT2D eigenvalue weighted by Gasteiger charge is -2.22. The van der Waals surface area contributed by atoms with E-state index in [2.05, 4.69) is 32.3 Å². The molecule has 0 radical (unpaired) electrons. The predicted octanol–water partition coefficient (Wildman–Crippen LogP) is 2.92. The Labute approximate surface area is 134 Å². The first-order chi connectivity index (χ1) is 9.36. The van der Waals surface area contributed by atoms with Crippen LogP contribution < -0.4 is 5.73 Å². The van der Waals surface area contributed by atoms with E-state index in [1.165, 1.54) is 0 Å². The van der Waals surface area contributed by atoms with Crippen molar-refractivity contribution in [2.45, 2.75) is 53.1 Å². The Bertz CT molecular complexity index is 510. The van der Waals surface area contributed by atoms with Crippen molar-refractivity contribution < 1.29 is 4.79 Å². The molecule has 2 atom stereocenters. The summed E-state index contributed by atoms with van der Waals surface area (Å²) in [5.41, 5.74) is 8.83. The molecule has 1 aromatic rings. The predicted molar refractivity (Wildman–Crippen MR) is 89.2 cm³/mol. The van der Waals surface area contributed by atoms with Gasteiger partial charge in [-0.05, 0) is 59.6 Å². The topological polar surface area (TPSA) is 51.3 Å². The molecule has 4 nitrogen and oxygen atoms in total. The number of amides is 1. The molecule has 5 heteroatoms. The van der Waals surface area contributed by atoms with E-state index in [1.807, 2.05) is 17.9 Å². The number of aryl methyl sites for hydroxylation is 1. The van der Waals surface area contributed by atoms with Crippen molar-refractivity contribution in [2.24, 2.45) is 11.7 Å². The molecule has 1 aliphatic rings. The molecule has 2 N–H and O–H groups in total. The first kappa shape index (κ1) is 18.1. The van der Waals surface area contributed by atoms with Crippen molar-refractivity contribution in [3.8, 4) is 0 Å². The van der Waals surface area contributed by atoms with Crippen LogP contribution in [0.1, 0.15) is 55.0 Å². The maximum atomic E-state index is 12.8. The largest absolute Gasteiger partial charge is 0.346 e. The lowest BCUT2D eigenvalue weighted by atomic mass is 10.1. The van der Waals surface area contributed by atoms with Crippen LogP contribution in [-0.4, -0.2) is 34.5 Å². The quantitative estimate of drug-likeness (QED) is 0.933. The third-order valence-electron chi connectivity index (χ3n) is 4.49. The highest BCUT2D eigenvalue weighted by atomic mass is 35.5. The molecular weight excluding hydrogens is 286 g/mol. The van der Waals surface area contributed by atoms with Crippen LogP contribution in [0.25, 0.3) is 0 Å². The SMILES string of the molecule is Cc1cc(C(=O)N2CC(CN)CC2C)c(C)n1C(C)C.Cl. The van der Waals surface area contributed by atoms with Crippen molar-refractivity contribution in [1.29, 1.82) is 0 Å². The number of hydrogen-bond donors (Lipinski definition) is 1. The Kier molecular flexibility index (Phi) is 5.88. The molecule has 1 aromatic heterocycles. The van der Waals surface area contributed by atoms with E-state index in [4.69, 9.17) is 5.73 Å². The minimum Gasteiger partial charge on any atom is -0.346 e. The molecule has 2 unspecified atom stereocenters. The van der Waals surface area contributed by atoms with Crippen LogP contribution in [0.3, 0.4) is 0 Å². The van der Waals surface area contributed by atoms with Gasteiger partial charge in [0.1, 0.15) is 0 Å². The lowest BCUT2D eigenvalue weighted by Crippen LogP contribution is -2.34. The Morgan fingerprint density at radius 1 is 1.43 bits per heavy atom. The standard InChI is InChI=1S/C16H27N3O.ClH/c1-10(2)19-12(4)7-15(13(19)5)16(20)18-9-14(8-17)6-11(18)3;/h7,10-11,14H,6,8-9,17H2,1-5H3;1H. The summed E-state index contributed by atoms with van der Waals surface area (Å²) in [7, 11) is 0. The highest BCUT2D eigenvalue weighted by Crippen LogP contribution is 2.27. The van der Waals surface area contributed by atoms with Gasteiger partial charge in [-0.3, -0.25) is 4.79 Å². The number of likely N-dealkylation sites (tertiary alicyclic amines) is 1. The van der Waals surface area contributed by atoms with Crippen LogP contribution in [0.5, 0.6) is 0 Å². The highest BCUT2D eigenvalue weighted by molar-refractivity contribution is 5.96. The Morgan fingerprint density at radius 3 is 2.48 bits per heavy atom. The van der Waals surface area contributed by atoms with Gasteiger partial charge in [-0.2, -0.15) is 0 Å². The van der Waals surface area contributed by atoms with Gasteiger partial charge < -0.3 is 15.2 Å². The summed E-state index contributed by atoms with van der Waals surface area (Å²) >= 11 is 0. The lowest BCUT2D eigenvalue weighted by molar-refractivity contribution is 0.0742. The Morgan fingerprint density at radius 2 is 2.05 bits per heavy atom. The van der Waals surface area contributed by atoms with Crippen molar-refractivity contribution in [2.75, 3.05) is 13.1 Å². The Hall–Kier alpha value is -1.000.